The molecule has 0 saturated carbocycles. The van der Waals surface area contributed by atoms with Gasteiger partial charge in [-0.05, 0) is 66.9 Å². The van der Waals surface area contributed by atoms with Crippen molar-refractivity contribution in [1.82, 2.24) is 10.6 Å². The maximum Gasteiger partial charge on any atom is 0.251 e. The summed E-state index contributed by atoms with van der Waals surface area (Å²) < 4.78 is 58.7. The van der Waals surface area contributed by atoms with Crippen molar-refractivity contribution in [3.63, 3.8) is 0 Å². The minimum absolute atomic E-state index is 0.0294. The standard InChI is InChI=1S/C30H36F2N4O6S/c1-19(35-42-4)22-13-23(15-26(14-22)36(2)43(5,39)40)30(38)34-28(12-21-9-24(31)16-25(32)10-21)29(37)18-33-17-20-7-6-8-27(11-20)41-3/h6-11,13-16,28-29,33,37H,12,17-18H2,1-5H3,(H,34,38)/t28-,29+/m0/s1. The summed E-state index contributed by atoms with van der Waals surface area (Å²) in [5, 5.41) is 20.9. The zero-order chi connectivity index (χ0) is 31.7. The van der Waals surface area contributed by atoms with Crippen molar-refractivity contribution in [2.24, 2.45) is 5.16 Å². The highest BCUT2D eigenvalue weighted by molar-refractivity contribution is 7.92. The van der Waals surface area contributed by atoms with Crippen molar-refractivity contribution >= 4 is 27.3 Å². The van der Waals surface area contributed by atoms with Gasteiger partial charge in [-0.2, -0.15) is 0 Å². The lowest BCUT2D eigenvalue weighted by molar-refractivity contribution is 0.0830. The van der Waals surface area contributed by atoms with E-state index in [-0.39, 0.29) is 29.8 Å². The highest BCUT2D eigenvalue weighted by Gasteiger charge is 2.24. The Balaban J connectivity index is 1.90. The molecule has 0 unspecified atom stereocenters. The van der Waals surface area contributed by atoms with Gasteiger partial charge in [-0.15, -0.1) is 0 Å². The average molecular weight is 619 g/mol. The van der Waals surface area contributed by atoms with Crippen LogP contribution >= 0.6 is 0 Å². The number of nitrogens with one attached hydrogen (secondary N) is 2. The van der Waals surface area contributed by atoms with Crippen molar-refractivity contribution in [2.45, 2.75) is 32.0 Å². The second-order valence-corrected chi connectivity index (χ2v) is 12.0. The summed E-state index contributed by atoms with van der Waals surface area (Å²) in [4.78, 5) is 18.4. The Morgan fingerprint density at radius 3 is 2.33 bits per heavy atom. The number of hydrogen-bond acceptors (Lipinski definition) is 8. The number of benzene rings is 3. The Hall–Kier alpha value is -4.07. The second-order valence-electron chi connectivity index (χ2n) is 9.97. The summed E-state index contributed by atoms with van der Waals surface area (Å²) in [5.74, 6) is -1.56. The number of oxime groups is 1. The van der Waals surface area contributed by atoms with Crippen molar-refractivity contribution < 1.29 is 36.7 Å². The third kappa shape index (κ3) is 9.73. The van der Waals surface area contributed by atoms with Crippen LogP contribution in [0.3, 0.4) is 0 Å². The maximum absolute atomic E-state index is 14.0. The topological polar surface area (TPSA) is 130 Å². The molecule has 0 aliphatic heterocycles. The van der Waals surface area contributed by atoms with E-state index in [1.54, 1.807) is 26.2 Å². The highest BCUT2D eigenvalue weighted by Crippen LogP contribution is 2.22. The molecule has 0 aromatic heterocycles. The van der Waals surface area contributed by atoms with E-state index < -0.39 is 39.7 Å². The predicted octanol–water partition coefficient (Wildman–Crippen LogP) is 3.23. The number of sulfonamides is 1. The first-order valence-electron chi connectivity index (χ1n) is 13.3. The molecule has 3 aromatic carbocycles. The molecule has 3 rings (SSSR count). The largest absolute Gasteiger partial charge is 0.497 e. The monoisotopic (exact) mass is 618 g/mol. The first-order valence-corrected chi connectivity index (χ1v) is 15.1. The lowest BCUT2D eigenvalue weighted by Crippen LogP contribution is -2.48. The zero-order valence-electron chi connectivity index (χ0n) is 24.6. The number of methoxy groups -OCH3 is 1. The molecule has 43 heavy (non-hydrogen) atoms. The Morgan fingerprint density at radius 2 is 1.70 bits per heavy atom. The van der Waals surface area contributed by atoms with E-state index in [1.807, 2.05) is 18.2 Å². The number of aliphatic hydroxyl groups is 1. The van der Waals surface area contributed by atoms with Crippen molar-refractivity contribution in [3.05, 3.63) is 94.6 Å². The summed E-state index contributed by atoms with van der Waals surface area (Å²) in [6, 6.07) is 13.8. The van der Waals surface area contributed by atoms with E-state index in [9.17, 15) is 27.1 Å². The number of carbonyl (C=O) groups is 1. The highest BCUT2D eigenvalue weighted by atomic mass is 32.2. The molecule has 0 radical (unpaired) electrons. The summed E-state index contributed by atoms with van der Waals surface area (Å²) in [6.45, 7) is 2.04. The molecule has 0 aliphatic carbocycles. The smallest absolute Gasteiger partial charge is 0.251 e. The van der Waals surface area contributed by atoms with Crippen LogP contribution in [0, 0.1) is 11.6 Å². The molecule has 0 bridgehead atoms. The number of carbonyl (C=O) groups excluding carboxylic acids is 1. The Labute approximate surface area is 250 Å². The van der Waals surface area contributed by atoms with Gasteiger partial charge in [0.2, 0.25) is 10.0 Å². The fraction of sp³-hybridized carbons (Fsp3) is 0.333. The molecule has 232 valence electrons. The Bertz CT molecular complexity index is 1550. The third-order valence-corrected chi connectivity index (χ3v) is 7.87. The summed E-state index contributed by atoms with van der Waals surface area (Å²) in [5.41, 5.74) is 2.19. The van der Waals surface area contributed by atoms with Gasteiger partial charge in [-0.1, -0.05) is 17.3 Å². The molecule has 3 N–H and O–H groups in total. The van der Waals surface area contributed by atoms with Crippen LogP contribution in [0.25, 0.3) is 0 Å². The number of nitrogens with zero attached hydrogens (tertiary/aromatic N) is 2. The van der Waals surface area contributed by atoms with Crippen LogP contribution in [0.1, 0.15) is 34.0 Å². The van der Waals surface area contributed by atoms with Crippen LogP contribution in [0.15, 0.2) is 65.8 Å². The lowest BCUT2D eigenvalue weighted by Gasteiger charge is -2.26. The molecule has 13 heteroatoms. The number of amides is 1. The summed E-state index contributed by atoms with van der Waals surface area (Å²) >= 11 is 0. The number of aliphatic hydroxyl groups excluding tert-OH is 1. The number of halogens is 2. The van der Waals surface area contributed by atoms with Crippen molar-refractivity contribution in [1.29, 1.82) is 0 Å². The van der Waals surface area contributed by atoms with E-state index >= 15 is 0 Å². The molecule has 3 aromatic rings. The molecule has 0 spiro atoms. The Morgan fingerprint density at radius 1 is 1.02 bits per heavy atom. The fourth-order valence-electron chi connectivity index (χ4n) is 4.32. The van der Waals surface area contributed by atoms with E-state index in [4.69, 9.17) is 9.57 Å². The van der Waals surface area contributed by atoms with Crippen molar-refractivity contribution in [2.75, 3.05) is 38.4 Å². The van der Waals surface area contributed by atoms with Crippen LogP contribution in [0.2, 0.25) is 0 Å². The summed E-state index contributed by atoms with van der Waals surface area (Å²) in [7, 11) is 0.585. The van der Waals surface area contributed by atoms with Crippen LogP contribution in [-0.2, 0) is 27.8 Å². The first kappa shape index (κ1) is 33.4. The predicted molar refractivity (Wildman–Crippen MR) is 161 cm³/mol. The van der Waals surface area contributed by atoms with Gasteiger partial charge < -0.3 is 25.3 Å². The molecule has 2 atom stereocenters. The fourth-order valence-corrected chi connectivity index (χ4v) is 4.81. The van der Waals surface area contributed by atoms with Crippen molar-refractivity contribution in [3.8, 4) is 5.75 Å². The summed E-state index contributed by atoms with van der Waals surface area (Å²) in [6.07, 6.45) is -0.250. The number of anilines is 1. The lowest BCUT2D eigenvalue weighted by atomic mass is 9.99. The van der Waals surface area contributed by atoms with Gasteiger partial charge in [-0.3, -0.25) is 9.10 Å². The number of ether oxygens (including phenoxy) is 1. The van der Waals surface area contributed by atoms with E-state index in [0.29, 0.717) is 23.6 Å². The molecule has 0 saturated heterocycles. The zero-order valence-corrected chi connectivity index (χ0v) is 25.4. The quantitative estimate of drug-likeness (QED) is 0.187. The SMILES string of the molecule is CON=C(C)c1cc(C(=O)N[C@@H](Cc2cc(F)cc(F)c2)[C@H](O)CNCc2cccc(OC)c2)cc(N(C)S(C)(=O)=O)c1. The van der Waals surface area contributed by atoms with Gasteiger partial charge in [0.05, 0.1) is 36.9 Å². The average Bonchev–Trinajstić information content (AvgIpc) is 2.95. The van der Waals surface area contributed by atoms with Gasteiger partial charge in [0.25, 0.3) is 5.91 Å². The molecule has 0 heterocycles. The maximum atomic E-state index is 14.0. The van der Waals surface area contributed by atoms with E-state index in [0.717, 1.165) is 34.3 Å². The molecule has 10 nitrogen and oxygen atoms in total. The van der Waals surface area contributed by atoms with Gasteiger partial charge in [0.1, 0.15) is 24.5 Å². The van der Waals surface area contributed by atoms with Gasteiger partial charge in [-0.25, -0.2) is 17.2 Å². The van der Waals surface area contributed by atoms with Gasteiger partial charge >= 0.3 is 0 Å². The normalized spacial score (nSPS) is 13.3. The van der Waals surface area contributed by atoms with E-state index in [1.165, 1.54) is 26.3 Å². The van der Waals surface area contributed by atoms with E-state index in [2.05, 4.69) is 15.8 Å². The second kappa shape index (κ2) is 14.9. The van der Waals surface area contributed by atoms with Crippen LogP contribution in [0.4, 0.5) is 14.5 Å². The Kier molecular flexibility index (Phi) is 11.6. The van der Waals surface area contributed by atoms with Crippen LogP contribution < -0.4 is 19.7 Å². The molecular weight excluding hydrogens is 582 g/mol. The van der Waals surface area contributed by atoms with Crippen LogP contribution in [-0.4, -0.2) is 71.4 Å². The number of hydrogen-bond donors (Lipinski definition) is 3. The molecular formula is C30H36F2N4O6S. The molecule has 0 aliphatic rings. The minimum atomic E-state index is -3.67. The first-order chi connectivity index (χ1) is 20.3. The van der Waals surface area contributed by atoms with Gasteiger partial charge in [0.15, 0.2) is 0 Å². The molecule has 0 fully saturated rings. The van der Waals surface area contributed by atoms with Gasteiger partial charge in [0, 0.05) is 37.3 Å². The molecule has 1 amide bonds. The minimum Gasteiger partial charge on any atom is -0.497 e. The number of rotatable bonds is 14. The third-order valence-electron chi connectivity index (χ3n) is 6.66. The van der Waals surface area contributed by atoms with Crippen LogP contribution in [0.5, 0.6) is 5.75 Å².